The van der Waals surface area contributed by atoms with E-state index in [0.717, 1.165) is 30.1 Å². The molecule has 2 rings (SSSR count). The van der Waals surface area contributed by atoms with Crippen molar-refractivity contribution >= 4 is 5.69 Å². The van der Waals surface area contributed by atoms with E-state index in [9.17, 15) is 0 Å². The van der Waals surface area contributed by atoms with Crippen LogP contribution in [0.3, 0.4) is 0 Å². The number of nitrogens with zero attached hydrogens (tertiary/aromatic N) is 2. The van der Waals surface area contributed by atoms with Gasteiger partial charge in [-0.15, -0.1) is 0 Å². The molecule has 0 spiro atoms. The van der Waals surface area contributed by atoms with Crippen molar-refractivity contribution in [3.05, 3.63) is 11.5 Å². The molecule has 1 saturated carbocycles. The zero-order chi connectivity index (χ0) is 10.1. The average Bonchev–Trinajstić information content (AvgIpc) is 2.89. The number of hydrogen-bond acceptors (Lipinski definition) is 4. The van der Waals surface area contributed by atoms with Gasteiger partial charge in [-0.1, -0.05) is 5.16 Å². The molecule has 1 heterocycles. The van der Waals surface area contributed by atoms with Crippen molar-refractivity contribution in [2.45, 2.75) is 25.2 Å². The molecule has 14 heavy (non-hydrogen) atoms. The predicted molar refractivity (Wildman–Crippen MR) is 55.1 cm³/mol. The van der Waals surface area contributed by atoms with Crippen molar-refractivity contribution in [2.75, 3.05) is 26.4 Å². The van der Waals surface area contributed by atoms with Crippen LogP contribution >= 0.6 is 0 Å². The molecule has 0 bridgehead atoms. The van der Waals surface area contributed by atoms with Crippen LogP contribution in [0.15, 0.2) is 4.52 Å². The zero-order valence-corrected chi connectivity index (χ0v) is 8.79. The number of aromatic nitrogens is 1. The molecule has 4 nitrogen and oxygen atoms in total. The first-order valence-corrected chi connectivity index (χ1v) is 5.07. The Morgan fingerprint density at radius 2 is 2.21 bits per heavy atom. The molecule has 0 radical (unpaired) electrons. The van der Waals surface area contributed by atoms with Crippen LogP contribution in [0.25, 0.3) is 0 Å². The van der Waals surface area contributed by atoms with Gasteiger partial charge < -0.3 is 15.2 Å². The average molecular weight is 195 g/mol. The van der Waals surface area contributed by atoms with Crippen LogP contribution in [0.4, 0.5) is 5.69 Å². The molecule has 1 aromatic rings. The lowest BCUT2D eigenvalue weighted by Crippen LogP contribution is -2.15. The highest BCUT2D eigenvalue weighted by atomic mass is 16.5. The molecule has 0 unspecified atom stereocenters. The molecular weight excluding hydrogens is 178 g/mol. The lowest BCUT2D eigenvalue weighted by Gasteiger charge is -2.06. The number of likely N-dealkylation sites (N-methyl/N-ethyl adjacent to an activating group) is 1. The number of rotatable bonds is 4. The van der Waals surface area contributed by atoms with E-state index in [1.807, 2.05) is 14.1 Å². The van der Waals surface area contributed by atoms with Crippen LogP contribution in [0.2, 0.25) is 0 Å². The summed E-state index contributed by atoms with van der Waals surface area (Å²) in [6, 6.07) is 0. The van der Waals surface area contributed by atoms with Crippen molar-refractivity contribution in [2.24, 2.45) is 0 Å². The third kappa shape index (κ3) is 1.90. The summed E-state index contributed by atoms with van der Waals surface area (Å²) in [5.74, 6) is 1.42. The number of nitrogen functional groups attached to an aromatic ring is 1. The summed E-state index contributed by atoms with van der Waals surface area (Å²) >= 11 is 0. The van der Waals surface area contributed by atoms with E-state index in [1.165, 1.54) is 12.8 Å². The van der Waals surface area contributed by atoms with Gasteiger partial charge in [0, 0.05) is 18.9 Å². The van der Waals surface area contributed by atoms with Gasteiger partial charge in [0.05, 0.1) is 5.69 Å². The van der Waals surface area contributed by atoms with Gasteiger partial charge in [-0.3, -0.25) is 0 Å². The van der Waals surface area contributed by atoms with Gasteiger partial charge in [0.15, 0.2) is 5.76 Å². The Kier molecular flexibility index (Phi) is 2.46. The van der Waals surface area contributed by atoms with Gasteiger partial charge in [-0.05, 0) is 26.9 Å². The van der Waals surface area contributed by atoms with Gasteiger partial charge in [-0.2, -0.15) is 0 Å². The molecular formula is C10H17N3O. The van der Waals surface area contributed by atoms with Crippen LogP contribution < -0.4 is 5.73 Å². The molecule has 1 fully saturated rings. The summed E-state index contributed by atoms with van der Waals surface area (Å²) in [5, 5.41) is 4.04. The Morgan fingerprint density at radius 1 is 1.50 bits per heavy atom. The second-order valence-electron chi connectivity index (χ2n) is 4.23. The van der Waals surface area contributed by atoms with Gasteiger partial charge in [0.25, 0.3) is 0 Å². The summed E-state index contributed by atoms with van der Waals surface area (Å²) in [4.78, 5) is 2.11. The standard InChI is InChI=1S/C10H17N3O/c1-13(2)6-5-8-9(11)10(12-14-8)7-3-4-7/h7H,3-6,11H2,1-2H3. The van der Waals surface area contributed by atoms with Gasteiger partial charge in [-0.25, -0.2) is 0 Å². The maximum Gasteiger partial charge on any atom is 0.161 e. The highest BCUT2D eigenvalue weighted by molar-refractivity contribution is 5.49. The molecule has 4 heteroatoms. The fourth-order valence-electron chi connectivity index (χ4n) is 1.50. The molecule has 1 aliphatic carbocycles. The second kappa shape index (κ2) is 3.61. The van der Waals surface area contributed by atoms with Crippen molar-refractivity contribution in [1.29, 1.82) is 0 Å². The van der Waals surface area contributed by atoms with E-state index < -0.39 is 0 Å². The number of anilines is 1. The van der Waals surface area contributed by atoms with Gasteiger partial charge in [0.1, 0.15) is 5.69 Å². The topological polar surface area (TPSA) is 55.3 Å². The van der Waals surface area contributed by atoms with Crippen LogP contribution in [-0.2, 0) is 6.42 Å². The molecule has 1 aliphatic rings. The number of nitrogens with two attached hydrogens (primary N) is 1. The molecule has 0 aromatic carbocycles. The van der Waals surface area contributed by atoms with Crippen LogP contribution in [0.5, 0.6) is 0 Å². The summed E-state index contributed by atoms with van der Waals surface area (Å²) in [7, 11) is 4.07. The van der Waals surface area contributed by atoms with Crippen LogP contribution in [-0.4, -0.2) is 30.7 Å². The Labute approximate surface area is 84.0 Å². The maximum atomic E-state index is 5.96. The Morgan fingerprint density at radius 3 is 2.79 bits per heavy atom. The number of hydrogen-bond donors (Lipinski definition) is 1. The molecule has 2 N–H and O–H groups in total. The van der Waals surface area contributed by atoms with E-state index in [2.05, 4.69) is 10.1 Å². The quantitative estimate of drug-likeness (QED) is 0.785. The Hall–Kier alpha value is -1.03. The first-order chi connectivity index (χ1) is 6.68. The van der Waals surface area contributed by atoms with E-state index in [4.69, 9.17) is 10.3 Å². The monoisotopic (exact) mass is 195 g/mol. The molecule has 78 valence electrons. The lowest BCUT2D eigenvalue weighted by atomic mass is 10.2. The SMILES string of the molecule is CN(C)CCc1onc(C2CC2)c1N. The summed E-state index contributed by atoms with van der Waals surface area (Å²) in [6.45, 7) is 0.948. The zero-order valence-electron chi connectivity index (χ0n) is 8.79. The van der Waals surface area contributed by atoms with Gasteiger partial charge >= 0.3 is 0 Å². The van der Waals surface area contributed by atoms with Crippen molar-refractivity contribution in [3.8, 4) is 0 Å². The summed E-state index contributed by atoms with van der Waals surface area (Å²) in [5.41, 5.74) is 7.73. The van der Waals surface area contributed by atoms with E-state index in [0.29, 0.717) is 5.92 Å². The highest BCUT2D eigenvalue weighted by Gasteiger charge is 2.30. The molecule has 0 amide bonds. The van der Waals surface area contributed by atoms with E-state index in [1.54, 1.807) is 0 Å². The maximum absolute atomic E-state index is 5.96. The third-order valence-electron chi connectivity index (χ3n) is 2.58. The normalized spacial score (nSPS) is 16.5. The van der Waals surface area contributed by atoms with Gasteiger partial charge in [0.2, 0.25) is 0 Å². The second-order valence-corrected chi connectivity index (χ2v) is 4.23. The first kappa shape index (κ1) is 9.52. The minimum atomic E-state index is 0.576. The minimum absolute atomic E-state index is 0.576. The predicted octanol–water partition coefficient (Wildman–Crippen LogP) is 1.24. The summed E-state index contributed by atoms with van der Waals surface area (Å²) in [6.07, 6.45) is 3.27. The van der Waals surface area contributed by atoms with Crippen LogP contribution in [0, 0.1) is 0 Å². The first-order valence-electron chi connectivity index (χ1n) is 5.07. The van der Waals surface area contributed by atoms with Crippen molar-refractivity contribution in [1.82, 2.24) is 10.1 Å². The molecule has 0 aliphatic heterocycles. The fraction of sp³-hybridized carbons (Fsp3) is 0.700. The Bertz CT molecular complexity index is 315. The lowest BCUT2D eigenvalue weighted by molar-refractivity contribution is 0.347. The van der Waals surface area contributed by atoms with E-state index >= 15 is 0 Å². The smallest absolute Gasteiger partial charge is 0.161 e. The third-order valence-corrected chi connectivity index (χ3v) is 2.58. The molecule has 0 atom stereocenters. The molecule has 0 saturated heterocycles. The minimum Gasteiger partial charge on any atom is -0.394 e. The molecule has 1 aromatic heterocycles. The summed E-state index contributed by atoms with van der Waals surface area (Å²) < 4.78 is 5.25. The highest BCUT2D eigenvalue weighted by Crippen LogP contribution is 2.42. The van der Waals surface area contributed by atoms with E-state index in [-0.39, 0.29) is 0 Å². The Balaban J connectivity index is 2.03. The van der Waals surface area contributed by atoms with Crippen molar-refractivity contribution in [3.63, 3.8) is 0 Å². The largest absolute Gasteiger partial charge is 0.394 e. The van der Waals surface area contributed by atoms with Crippen LogP contribution in [0.1, 0.15) is 30.2 Å². The fourth-order valence-corrected chi connectivity index (χ4v) is 1.50. The van der Waals surface area contributed by atoms with Crippen molar-refractivity contribution < 1.29 is 4.52 Å².